The van der Waals surface area contributed by atoms with Crippen molar-refractivity contribution in [3.05, 3.63) is 11.6 Å². The van der Waals surface area contributed by atoms with Crippen molar-refractivity contribution in [1.29, 1.82) is 0 Å². The first-order chi connectivity index (χ1) is 7.66. The molecule has 3 aliphatic rings. The van der Waals surface area contributed by atoms with E-state index in [-0.39, 0.29) is 5.97 Å². The third-order valence-electron chi connectivity index (χ3n) is 3.36. The summed E-state index contributed by atoms with van der Waals surface area (Å²) in [7, 11) is 0. The van der Waals surface area contributed by atoms with E-state index in [1.165, 1.54) is 6.42 Å². The molecule has 0 spiro atoms. The second kappa shape index (κ2) is 4.68. The number of hydrogen-bond acceptors (Lipinski definition) is 3. The Hall–Kier alpha value is -1.32. The zero-order chi connectivity index (χ0) is 11.5. The Kier molecular flexibility index (Phi) is 3.27. The second-order valence-corrected chi connectivity index (χ2v) is 4.52. The Balaban J connectivity index is 0.000000138. The summed E-state index contributed by atoms with van der Waals surface area (Å²) < 4.78 is 4.51. The van der Waals surface area contributed by atoms with Crippen LogP contribution in [-0.2, 0) is 14.3 Å². The van der Waals surface area contributed by atoms with Crippen molar-refractivity contribution in [2.24, 2.45) is 11.8 Å². The van der Waals surface area contributed by atoms with Gasteiger partial charge in [0.15, 0.2) is 0 Å². The summed E-state index contributed by atoms with van der Waals surface area (Å²) >= 11 is 0. The average Bonchev–Trinajstić information content (AvgIpc) is 2.93. The fraction of sp³-hybridized carbons (Fsp3) is 0.667. The van der Waals surface area contributed by atoms with Gasteiger partial charge in [0.25, 0.3) is 0 Å². The van der Waals surface area contributed by atoms with Gasteiger partial charge >= 0.3 is 11.9 Å². The van der Waals surface area contributed by atoms with E-state index in [9.17, 15) is 9.59 Å². The maximum absolute atomic E-state index is 10.5. The summed E-state index contributed by atoms with van der Waals surface area (Å²) in [4.78, 5) is 20.5. The molecule has 1 heterocycles. The van der Waals surface area contributed by atoms with Crippen molar-refractivity contribution in [3.8, 4) is 0 Å². The number of rotatable bonds is 1. The predicted octanol–water partition coefficient (Wildman–Crippen LogP) is 1.75. The summed E-state index contributed by atoms with van der Waals surface area (Å²) in [5.74, 6) is 0.237. The van der Waals surface area contributed by atoms with Crippen molar-refractivity contribution in [1.82, 2.24) is 0 Å². The van der Waals surface area contributed by atoms with Crippen LogP contribution >= 0.6 is 0 Å². The molecular weight excluding hydrogens is 208 g/mol. The highest BCUT2D eigenvalue weighted by Crippen LogP contribution is 2.43. The number of carbonyl (C=O) groups is 2. The Labute approximate surface area is 94.3 Å². The normalized spacial score (nSPS) is 30.5. The molecule has 4 heteroatoms. The van der Waals surface area contributed by atoms with Crippen molar-refractivity contribution in [2.45, 2.75) is 32.1 Å². The molecule has 0 aromatic heterocycles. The summed E-state index contributed by atoms with van der Waals surface area (Å²) in [5, 5.41) is 8.67. The second-order valence-electron chi connectivity index (χ2n) is 4.52. The van der Waals surface area contributed by atoms with Gasteiger partial charge in [0.05, 0.1) is 6.61 Å². The monoisotopic (exact) mass is 224 g/mol. The van der Waals surface area contributed by atoms with Crippen LogP contribution < -0.4 is 0 Å². The van der Waals surface area contributed by atoms with E-state index in [1.807, 2.05) is 6.08 Å². The molecule has 1 N–H and O–H groups in total. The molecule has 0 amide bonds. The van der Waals surface area contributed by atoms with Gasteiger partial charge in [-0.25, -0.2) is 4.79 Å². The topological polar surface area (TPSA) is 63.6 Å². The number of fused-ring (bicyclic) bond motifs is 2. The van der Waals surface area contributed by atoms with Crippen LogP contribution in [0.1, 0.15) is 32.1 Å². The summed E-state index contributed by atoms with van der Waals surface area (Å²) in [5.41, 5.74) is 0.677. The Morgan fingerprint density at radius 2 is 2.25 bits per heavy atom. The highest BCUT2D eigenvalue weighted by Gasteiger charge is 2.35. The number of cyclic esters (lactones) is 1. The van der Waals surface area contributed by atoms with Gasteiger partial charge < -0.3 is 9.84 Å². The van der Waals surface area contributed by atoms with E-state index in [4.69, 9.17) is 5.11 Å². The maximum Gasteiger partial charge on any atom is 0.331 e. The first-order valence-electron chi connectivity index (χ1n) is 5.77. The zero-order valence-electron chi connectivity index (χ0n) is 9.15. The molecule has 0 aromatic carbocycles. The maximum atomic E-state index is 10.5. The van der Waals surface area contributed by atoms with Gasteiger partial charge in [-0.3, -0.25) is 4.79 Å². The number of esters is 1. The number of aliphatic carboxylic acids is 1. The van der Waals surface area contributed by atoms with Gasteiger partial charge in [0.1, 0.15) is 0 Å². The van der Waals surface area contributed by atoms with Crippen LogP contribution in [0.4, 0.5) is 0 Å². The molecule has 1 aliphatic heterocycles. The standard InChI is InChI=1S/C8H10O2.C4H6O2/c9-8(10)7-4-5-1-2-6(7)3-5;5-4-2-1-3-6-4/h4-6H,1-3H2,(H,9,10);1-3H2. The molecule has 16 heavy (non-hydrogen) atoms. The van der Waals surface area contributed by atoms with Crippen LogP contribution in [-0.4, -0.2) is 23.7 Å². The molecule has 88 valence electrons. The molecule has 0 aromatic rings. The smallest absolute Gasteiger partial charge is 0.331 e. The quantitative estimate of drug-likeness (QED) is 0.689. The van der Waals surface area contributed by atoms with Crippen molar-refractivity contribution >= 4 is 11.9 Å². The molecule has 1 saturated heterocycles. The molecule has 4 nitrogen and oxygen atoms in total. The zero-order valence-corrected chi connectivity index (χ0v) is 9.15. The summed E-state index contributed by atoms with van der Waals surface area (Å²) in [6.07, 6.45) is 6.89. The van der Waals surface area contributed by atoms with Crippen molar-refractivity contribution < 1.29 is 19.4 Å². The first kappa shape index (κ1) is 11.2. The van der Waals surface area contributed by atoms with Gasteiger partial charge in [-0.05, 0) is 37.5 Å². The lowest BCUT2D eigenvalue weighted by molar-refractivity contribution is -0.138. The molecule has 3 rings (SSSR count). The lowest BCUT2D eigenvalue weighted by atomic mass is 9.99. The lowest BCUT2D eigenvalue weighted by Gasteiger charge is -2.06. The predicted molar refractivity (Wildman–Crippen MR) is 56.7 cm³/mol. The third-order valence-corrected chi connectivity index (χ3v) is 3.36. The fourth-order valence-electron chi connectivity index (χ4n) is 2.56. The molecule has 1 saturated carbocycles. The lowest BCUT2D eigenvalue weighted by Crippen LogP contribution is -2.07. The molecule has 2 fully saturated rings. The highest BCUT2D eigenvalue weighted by molar-refractivity contribution is 5.88. The minimum atomic E-state index is -0.702. The molecule has 0 radical (unpaired) electrons. The number of carbonyl (C=O) groups excluding carboxylic acids is 1. The third kappa shape index (κ3) is 2.43. The fourth-order valence-corrected chi connectivity index (χ4v) is 2.56. The van der Waals surface area contributed by atoms with Gasteiger partial charge in [0, 0.05) is 12.0 Å². The number of hydrogen-bond donors (Lipinski definition) is 1. The van der Waals surface area contributed by atoms with Gasteiger partial charge in [-0.1, -0.05) is 6.08 Å². The van der Waals surface area contributed by atoms with Crippen LogP contribution in [0.5, 0.6) is 0 Å². The number of ether oxygens (including phenoxy) is 1. The molecule has 2 atom stereocenters. The minimum Gasteiger partial charge on any atom is -0.478 e. The first-order valence-corrected chi connectivity index (χ1v) is 5.77. The van der Waals surface area contributed by atoms with E-state index in [0.29, 0.717) is 30.4 Å². The SMILES string of the molecule is O=C(O)C1=CC2CCC1C2.O=C1CCCO1. The Bertz CT molecular complexity index is 324. The van der Waals surface area contributed by atoms with E-state index < -0.39 is 5.97 Å². The van der Waals surface area contributed by atoms with Crippen LogP contribution in [0.15, 0.2) is 11.6 Å². The van der Waals surface area contributed by atoms with Crippen LogP contribution in [0.25, 0.3) is 0 Å². The van der Waals surface area contributed by atoms with E-state index in [0.717, 1.165) is 19.3 Å². The molecule has 2 aliphatic carbocycles. The van der Waals surface area contributed by atoms with Gasteiger partial charge in [-0.2, -0.15) is 0 Å². The molecule has 2 unspecified atom stereocenters. The number of carboxylic acid groups (broad SMARTS) is 1. The van der Waals surface area contributed by atoms with Crippen LogP contribution in [0, 0.1) is 11.8 Å². The van der Waals surface area contributed by atoms with E-state index >= 15 is 0 Å². The minimum absolute atomic E-state index is 0.0463. The van der Waals surface area contributed by atoms with Crippen LogP contribution in [0.3, 0.4) is 0 Å². The van der Waals surface area contributed by atoms with Gasteiger partial charge in [-0.15, -0.1) is 0 Å². The number of carboxylic acids is 1. The summed E-state index contributed by atoms with van der Waals surface area (Å²) in [6, 6.07) is 0. The average molecular weight is 224 g/mol. The summed E-state index contributed by atoms with van der Waals surface area (Å²) in [6.45, 7) is 0.638. The molecule has 2 bridgehead atoms. The van der Waals surface area contributed by atoms with Crippen molar-refractivity contribution in [3.63, 3.8) is 0 Å². The largest absolute Gasteiger partial charge is 0.478 e. The van der Waals surface area contributed by atoms with E-state index in [1.54, 1.807) is 0 Å². The highest BCUT2D eigenvalue weighted by atomic mass is 16.5. The molecular formula is C12H16O4. The van der Waals surface area contributed by atoms with Crippen molar-refractivity contribution in [2.75, 3.05) is 6.61 Å². The van der Waals surface area contributed by atoms with Gasteiger partial charge in [0.2, 0.25) is 0 Å². The Morgan fingerprint density at radius 1 is 1.44 bits per heavy atom. The van der Waals surface area contributed by atoms with E-state index in [2.05, 4.69) is 4.74 Å². The van der Waals surface area contributed by atoms with Crippen LogP contribution in [0.2, 0.25) is 0 Å². The number of allylic oxidation sites excluding steroid dienone is 1. The Morgan fingerprint density at radius 3 is 2.50 bits per heavy atom.